The molecule has 0 aromatic heterocycles. The molecule has 0 aromatic carbocycles. The Morgan fingerprint density at radius 2 is 2.55 bits per heavy atom. The minimum Gasteiger partial charge on any atom is -0.411 e. The highest BCUT2D eigenvalue weighted by molar-refractivity contribution is 5.87. The Balaban J connectivity index is 2.49. The normalized spacial score (nSPS) is 25.3. The Bertz CT molecular complexity index is 206. The van der Waals surface area contributed by atoms with Crippen LogP contribution in [0, 0.1) is 11.3 Å². The SMILES string of the molecule is CC(C#N)N1CC/C(=N/O)C1. The highest BCUT2D eigenvalue weighted by Crippen LogP contribution is 2.08. The minimum atomic E-state index is -0.0748. The van der Waals surface area contributed by atoms with E-state index in [-0.39, 0.29) is 6.04 Å². The van der Waals surface area contributed by atoms with Crippen LogP contribution in [-0.4, -0.2) is 35.0 Å². The second-order valence-electron chi connectivity index (χ2n) is 2.69. The van der Waals surface area contributed by atoms with E-state index in [4.69, 9.17) is 10.5 Å². The van der Waals surface area contributed by atoms with Crippen molar-refractivity contribution in [2.45, 2.75) is 19.4 Å². The molecule has 4 heteroatoms. The second-order valence-corrected chi connectivity index (χ2v) is 2.69. The molecular weight excluding hydrogens is 142 g/mol. The van der Waals surface area contributed by atoms with Gasteiger partial charge in [-0.2, -0.15) is 5.26 Å². The standard InChI is InChI=1S/C7H11N3O/c1-6(4-8)10-3-2-7(5-10)9-11/h6,11H,2-3,5H2,1H3/b9-7-. The average molecular weight is 153 g/mol. The predicted octanol–water partition coefficient (Wildman–Crippen LogP) is 0.434. The third kappa shape index (κ3) is 1.69. The maximum atomic E-state index is 8.56. The van der Waals surface area contributed by atoms with Gasteiger partial charge in [0.15, 0.2) is 0 Å². The molecule has 0 amide bonds. The average Bonchev–Trinajstić information content (AvgIpc) is 2.50. The minimum absolute atomic E-state index is 0.0748. The molecule has 1 aliphatic heterocycles. The van der Waals surface area contributed by atoms with Crippen LogP contribution in [-0.2, 0) is 0 Å². The van der Waals surface area contributed by atoms with Crippen LogP contribution in [0.5, 0.6) is 0 Å². The Hall–Kier alpha value is -1.08. The second kappa shape index (κ2) is 3.35. The van der Waals surface area contributed by atoms with Crippen molar-refractivity contribution in [2.24, 2.45) is 5.16 Å². The smallest absolute Gasteiger partial charge is 0.0952 e. The molecule has 0 saturated carbocycles. The van der Waals surface area contributed by atoms with Crippen molar-refractivity contribution in [2.75, 3.05) is 13.1 Å². The van der Waals surface area contributed by atoms with E-state index >= 15 is 0 Å². The maximum absolute atomic E-state index is 8.56. The van der Waals surface area contributed by atoms with E-state index in [1.807, 2.05) is 11.8 Å². The molecule has 60 valence electrons. The fraction of sp³-hybridized carbons (Fsp3) is 0.714. The monoisotopic (exact) mass is 153 g/mol. The predicted molar refractivity (Wildman–Crippen MR) is 40.5 cm³/mol. The van der Waals surface area contributed by atoms with Crippen molar-refractivity contribution >= 4 is 5.71 Å². The molecule has 0 aliphatic carbocycles. The quantitative estimate of drug-likeness (QED) is 0.439. The van der Waals surface area contributed by atoms with Crippen molar-refractivity contribution in [3.63, 3.8) is 0 Å². The van der Waals surface area contributed by atoms with E-state index in [1.54, 1.807) is 0 Å². The fourth-order valence-corrected chi connectivity index (χ4v) is 1.16. The topological polar surface area (TPSA) is 59.6 Å². The van der Waals surface area contributed by atoms with Gasteiger partial charge >= 0.3 is 0 Å². The third-order valence-electron chi connectivity index (χ3n) is 1.95. The summed E-state index contributed by atoms with van der Waals surface area (Å²) in [6.07, 6.45) is 0.780. The number of nitriles is 1. The molecule has 0 radical (unpaired) electrons. The Morgan fingerprint density at radius 1 is 1.82 bits per heavy atom. The van der Waals surface area contributed by atoms with Gasteiger partial charge in [0, 0.05) is 19.5 Å². The van der Waals surface area contributed by atoms with Gasteiger partial charge in [0.1, 0.15) is 0 Å². The zero-order chi connectivity index (χ0) is 8.27. The lowest BCUT2D eigenvalue weighted by atomic mass is 10.3. The summed E-state index contributed by atoms with van der Waals surface area (Å²) in [6.45, 7) is 3.31. The molecule has 11 heavy (non-hydrogen) atoms. The summed E-state index contributed by atoms with van der Waals surface area (Å²) in [4.78, 5) is 1.98. The van der Waals surface area contributed by atoms with Crippen LogP contribution >= 0.6 is 0 Å². The molecule has 1 unspecified atom stereocenters. The van der Waals surface area contributed by atoms with Crippen LogP contribution in [0.1, 0.15) is 13.3 Å². The molecule has 0 bridgehead atoms. The Morgan fingerprint density at radius 3 is 3.00 bits per heavy atom. The lowest BCUT2D eigenvalue weighted by Gasteiger charge is -2.15. The van der Waals surface area contributed by atoms with Crippen LogP contribution in [0.2, 0.25) is 0 Å². The van der Waals surface area contributed by atoms with E-state index in [1.165, 1.54) is 0 Å². The van der Waals surface area contributed by atoms with Crippen LogP contribution in [0.25, 0.3) is 0 Å². The fourth-order valence-electron chi connectivity index (χ4n) is 1.16. The molecule has 1 atom stereocenters. The van der Waals surface area contributed by atoms with Crippen LogP contribution < -0.4 is 0 Å². The molecule has 1 aliphatic rings. The summed E-state index contributed by atoms with van der Waals surface area (Å²) < 4.78 is 0. The first kappa shape index (κ1) is 8.02. The number of nitrogens with zero attached hydrogens (tertiary/aromatic N) is 3. The van der Waals surface area contributed by atoms with Crippen LogP contribution in [0.4, 0.5) is 0 Å². The molecule has 1 heterocycles. The van der Waals surface area contributed by atoms with Gasteiger partial charge in [-0.1, -0.05) is 5.16 Å². The van der Waals surface area contributed by atoms with Gasteiger partial charge in [0.05, 0.1) is 17.8 Å². The molecule has 4 nitrogen and oxygen atoms in total. The third-order valence-corrected chi connectivity index (χ3v) is 1.95. The first-order valence-corrected chi connectivity index (χ1v) is 3.61. The zero-order valence-corrected chi connectivity index (χ0v) is 6.49. The summed E-state index contributed by atoms with van der Waals surface area (Å²) in [5, 5.41) is 20.1. The van der Waals surface area contributed by atoms with Crippen molar-refractivity contribution in [1.82, 2.24) is 4.90 Å². The first-order valence-electron chi connectivity index (χ1n) is 3.61. The Kier molecular flexibility index (Phi) is 2.44. The summed E-state index contributed by atoms with van der Waals surface area (Å²) in [5.41, 5.74) is 0.770. The van der Waals surface area contributed by atoms with Gasteiger partial charge in [-0.05, 0) is 6.92 Å². The van der Waals surface area contributed by atoms with Gasteiger partial charge < -0.3 is 5.21 Å². The van der Waals surface area contributed by atoms with Crippen molar-refractivity contribution in [3.8, 4) is 6.07 Å². The van der Waals surface area contributed by atoms with Crippen molar-refractivity contribution in [3.05, 3.63) is 0 Å². The Labute approximate surface area is 65.7 Å². The van der Waals surface area contributed by atoms with Gasteiger partial charge in [-0.3, -0.25) is 4.90 Å². The first-order chi connectivity index (χ1) is 5.27. The van der Waals surface area contributed by atoms with E-state index in [0.717, 1.165) is 18.7 Å². The number of oxime groups is 1. The van der Waals surface area contributed by atoms with Crippen molar-refractivity contribution in [1.29, 1.82) is 5.26 Å². The number of hydrogen-bond donors (Lipinski definition) is 1. The van der Waals surface area contributed by atoms with Crippen LogP contribution in [0.15, 0.2) is 5.16 Å². The van der Waals surface area contributed by atoms with Crippen molar-refractivity contribution < 1.29 is 5.21 Å². The number of likely N-dealkylation sites (tertiary alicyclic amines) is 1. The summed E-state index contributed by atoms with van der Waals surface area (Å²) >= 11 is 0. The van der Waals surface area contributed by atoms with E-state index < -0.39 is 0 Å². The van der Waals surface area contributed by atoms with Gasteiger partial charge in [-0.25, -0.2) is 0 Å². The molecule has 1 rings (SSSR count). The van der Waals surface area contributed by atoms with Gasteiger partial charge in [0.2, 0.25) is 0 Å². The van der Waals surface area contributed by atoms with Crippen LogP contribution in [0.3, 0.4) is 0 Å². The van der Waals surface area contributed by atoms with Gasteiger partial charge in [-0.15, -0.1) is 0 Å². The summed E-state index contributed by atoms with van der Waals surface area (Å²) in [6, 6.07) is 2.07. The largest absolute Gasteiger partial charge is 0.411 e. The molecule has 1 fully saturated rings. The molecule has 0 aromatic rings. The number of rotatable bonds is 1. The summed E-state index contributed by atoms with van der Waals surface area (Å²) in [7, 11) is 0. The molecule has 1 saturated heterocycles. The molecule has 1 N–H and O–H groups in total. The zero-order valence-electron chi connectivity index (χ0n) is 6.49. The summed E-state index contributed by atoms with van der Waals surface area (Å²) in [5.74, 6) is 0. The highest BCUT2D eigenvalue weighted by Gasteiger charge is 2.22. The number of hydrogen-bond acceptors (Lipinski definition) is 4. The van der Waals surface area contributed by atoms with E-state index in [2.05, 4.69) is 11.2 Å². The highest BCUT2D eigenvalue weighted by atomic mass is 16.4. The maximum Gasteiger partial charge on any atom is 0.0952 e. The molecule has 0 spiro atoms. The van der Waals surface area contributed by atoms with Gasteiger partial charge in [0.25, 0.3) is 0 Å². The lowest BCUT2D eigenvalue weighted by molar-refractivity contribution is 0.305. The molecular formula is C7H11N3O. The van der Waals surface area contributed by atoms with E-state index in [9.17, 15) is 0 Å². The van der Waals surface area contributed by atoms with E-state index in [0.29, 0.717) is 6.54 Å². The lowest BCUT2D eigenvalue weighted by Crippen LogP contribution is -2.29.